The van der Waals surface area contributed by atoms with E-state index in [1.165, 1.54) is 25.7 Å². The summed E-state index contributed by atoms with van der Waals surface area (Å²) in [4.78, 5) is 26.4. The SMILES string of the molecule is O=C(CCc1ccco1)NC1CC(=O)N(C2CCCCCC2)C1. The quantitative estimate of drug-likeness (QED) is 0.849. The Morgan fingerprint density at radius 1 is 1.26 bits per heavy atom. The van der Waals surface area contributed by atoms with Crippen LogP contribution < -0.4 is 5.32 Å². The Balaban J connectivity index is 1.46. The molecule has 2 amide bonds. The topological polar surface area (TPSA) is 62.6 Å². The molecule has 1 atom stereocenters. The second-order valence-corrected chi connectivity index (χ2v) is 6.74. The van der Waals surface area contributed by atoms with Gasteiger partial charge in [0.25, 0.3) is 0 Å². The van der Waals surface area contributed by atoms with E-state index in [1.54, 1.807) is 6.26 Å². The van der Waals surface area contributed by atoms with Crippen molar-refractivity contribution in [3.05, 3.63) is 24.2 Å². The summed E-state index contributed by atoms with van der Waals surface area (Å²) in [6, 6.07) is 4.05. The molecule has 0 spiro atoms. The maximum Gasteiger partial charge on any atom is 0.225 e. The summed E-state index contributed by atoms with van der Waals surface area (Å²) in [5.41, 5.74) is 0. The lowest BCUT2D eigenvalue weighted by atomic mass is 10.1. The van der Waals surface area contributed by atoms with E-state index in [4.69, 9.17) is 4.42 Å². The summed E-state index contributed by atoms with van der Waals surface area (Å²) in [7, 11) is 0. The molecule has 23 heavy (non-hydrogen) atoms. The number of rotatable bonds is 5. The molecule has 5 heteroatoms. The molecule has 0 aromatic carbocycles. The van der Waals surface area contributed by atoms with Gasteiger partial charge < -0.3 is 14.6 Å². The average molecular weight is 318 g/mol. The molecule has 126 valence electrons. The zero-order valence-corrected chi connectivity index (χ0v) is 13.6. The van der Waals surface area contributed by atoms with E-state index in [1.807, 2.05) is 17.0 Å². The summed E-state index contributed by atoms with van der Waals surface area (Å²) in [5, 5.41) is 3.01. The van der Waals surface area contributed by atoms with Crippen LogP contribution in [0.2, 0.25) is 0 Å². The first kappa shape index (κ1) is 16.1. The van der Waals surface area contributed by atoms with Gasteiger partial charge in [-0.2, -0.15) is 0 Å². The predicted octanol–water partition coefficient (Wildman–Crippen LogP) is 2.65. The molecule has 2 aliphatic rings. The summed E-state index contributed by atoms with van der Waals surface area (Å²) < 4.78 is 5.24. The minimum Gasteiger partial charge on any atom is -0.469 e. The number of nitrogens with one attached hydrogen (secondary N) is 1. The normalized spacial score (nSPS) is 23.0. The van der Waals surface area contributed by atoms with Crippen LogP contribution in [-0.2, 0) is 16.0 Å². The number of aryl methyl sites for hydroxylation is 1. The van der Waals surface area contributed by atoms with Crippen molar-refractivity contribution in [3.8, 4) is 0 Å². The van der Waals surface area contributed by atoms with Gasteiger partial charge in [0.2, 0.25) is 11.8 Å². The molecule has 5 nitrogen and oxygen atoms in total. The first-order valence-electron chi connectivity index (χ1n) is 8.83. The highest BCUT2D eigenvalue weighted by molar-refractivity contribution is 5.82. The van der Waals surface area contributed by atoms with E-state index in [2.05, 4.69) is 5.32 Å². The lowest BCUT2D eigenvalue weighted by molar-refractivity contribution is -0.129. The van der Waals surface area contributed by atoms with E-state index in [9.17, 15) is 9.59 Å². The van der Waals surface area contributed by atoms with Gasteiger partial charge in [-0.25, -0.2) is 0 Å². The van der Waals surface area contributed by atoms with E-state index >= 15 is 0 Å². The van der Waals surface area contributed by atoms with E-state index in [-0.39, 0.29) is 17.9 Å². The highest BCUT2D eigenvalue weighted by Gasteiger charge is 2.34. The molecule has 2 fully saturated rings. The van der Waals surface area contributed by atoms with Crippen molar-refractivity contribution in [2.24, 2.45) is 0 Å². The summed E-state index contributed by atoms with van der Waals surface area (Å²) in [5.74, 6) is 1.03. The largest absolute Gasteiger partial charge is 0.469 e. The fourth-order valence-electron chi connectivity index (χ4n) is 3.74. The first-order valence-corrected chi connectivity index (χ1v) is 8.83. The Hall–Kier alpha value is -1.78. The monoisotopic (exact) mass is 318 g/mol. The van der Waals surface area contributed by atoms with Crippen LogP contribution in [0.4, 0.5) is 0 Å². The van der Waals surface area contributed by atoms with Gasteiger partial charge in [0.05, 0.1) is 12.3 Å². The third-order valence-electron chi connectivity index (χ3n) is 4.97. The maximum atomic E-state index is 12.3. The number of likely N-dealkylation sites (tertiary alicyclic amines) is 1. The van der Waals surface area contributed by atoms with Crippen molar-refractivity contribution in [2.75, 3.05) is 6.54 Å². The lowest BCUT2D eigenvalue weighted by Gasteiger charge is -2.27. The molecule has 0 radical (unpaired) electrons. The molecule has 0 bridgehead atoms. The van der Waals surface area contributed by atoms with Gasteiger partial charge in [0, 0.05) is 31.8 Å². The smallest absolute Gasteiger partial charge is 0.225 e. The molecule has 1 aromatic heterocycles. The predicted molar refractivity (Wildman–Crippen MR) is 86.8 cm³/mol. The van der Waals surface area contributed by atoms with Crippen molar-refractivity contribution < 1.29 is 14.0 Å². The first-order chi connectivity index (χ1) is 11.2. The van der Waals surface area contributed by atoms with E-state index < -0.39 is 0 Å². The van der Waals surface area contributed by atoms with E-state index in [0.717, 1.165) is 18.6 Å². The molecule has 1 saturated carbocycles. The van der Waals surface area contributed by atoms with Gasteiger partial charge in [0.15, 0.2) is 0 Å². The van der Waals surface area contributed by atoms with Crippen LogP contribution in [0.1, 0.15) is 57.1 Å². The fraction of sp³-hybridized carbons (Fsp3) is 0.667. The third-order valence-corrected chi connectivity index (χ3v) is 4.97. The van der Waals surface area contributed by atoms with Crippen LogP contribution in [0.3, 0.4) is 0 Å². The van der Waals surface area contributed by atoms with Crippen molar-refractivity contribution in [1.82, 2.24) is 10.2 Å². The highest BCUT2D eigenvalue weighted by atomic mass is 16.3. The number of hydrogen-bond donors (Lipinski definition) is 1. The Morgan fingerprint density at radius 2 is 2.04 bits per heavy atom. The molecular formula is C18H26N2O3. The Kier molecular flexibility index (Phi) is 5.36. The molecule has 3 rings (SSSR count). The Labute approximate surface area is 137 Å². The molecule has 2 heterocycles. The number of hydrogen-bond acceptors (Lipinski definition) is 3. The molecular weight excluding hydrogens is 292 g/mol. The summed E-state index contributed by atoms with van der Waals surface area (Å²) in [6.07, 6.45) is 10.3. The Bertz CT molecular complexity index is 518. The van der Waals surface area contributed by atoms with Gasteiger partial charge in [-0.3, -0.25) is 9.59 Å². The van der Waals surface area contributed by atoms with Crippen LogP contribution in [0.5, 0.6) is 0 Å². The highest BCUT2D eigenvalue weighted by Crippen LogP contribution is 2.25. The molecule has 1 aliphatic carbocycles. The zero-order valence-electron chi connectivity index (χ0n) is 13.6. The number of furan rings is 1. The van der Waals surface area contributed by atoms with E-state index in [0.29, 0.717) is 31.8 Å². The third kappa shape index (κ3) is 4.36. The fourth-order valence-corrected chi connectivity index (χ4v) is 3.74. The van der Waals surface area contributed by atoms with Crippen LogP contribution in [0.25, 0.3) is 0 Å². The molecule has 1 aromatic rings. The van der Waals surface area contributed by atoms with Gasteiger partial charge in [-0.1, -0.05) is 25.7 Å². The van der Waals surface area contributed by atoms with Gasteiger partial charge in [-0.15, -0.1) is 0 Å². The van der Waals surface area contributed by atoms with Crippen molar-refractivity contribution in [1.29, 1.82) is 0 Å². The van der Waals surface area contributed by atoms with Gasteiger partial charge in [-0.05, 0) is 25.0 Å². The van der Waals surface area contributed by atoms with Gasteiger partial charge >= 0.3 is 0 Å². The maximum absolute atomic E-state index is 12.3. The summed E-state index contributed by atoms with van der Waals surface area (Å²) in [6.45, 7) is 0.677. The average Bonchev–Trinajstić information content (AvgIpc) is 3.08. The minimum absolute atomic E-state index is 0.00177. The van der Waals surface area contributed by atoms with Gasteiger partial charge in [0.1, 0.15) is 5.76 Å². The van der Waals surface area contributed by atoms with Crippen molar-refractivity contribution in [2.45, 2.75) is 69.9 Å². The Morgan fingerprint density at radius 3 is 2.74 bits per heavy atom. The second-order valence-electron chi connectivity index (χ2n) is 6.74. The minimum atomic E-state index is -0.0325. The van der Waals surface area contributed by atoms with Crippen LogP contribution >= 0.6 is 0 Å². The number of nitrogens with zero attached hydrogens (tertiary/aromatic N) is 1. The van der Waals surface area contributed by atoms with Crippen molar-refractivity contribution >= 4 is 11.8 Å². The lowest BCUT2D eigenvalue weighted by Crippen LogP contribution is -2.40. The number of carbonyl (C=O) groups excluding carboxylic acids is 2. The van der Waals surface area contributed by atoms with Crippen LogP contribution in [0, 0.1) is 0 Å². The second kappa shape index (κ2) is 7.66. The summed E-state index contributed by atoms with van der Waals surface area (Å²) >= 11 is 0. The molecule has 1 saturated heterocycles. The van der Waals surface area contributed by atoms with Crippen LogP contribution in [0.15, 0.2) is 22.8 Å². The number of carbonyl (C=O) groups is 2. The van der Waals surface area contributed by atoms with Crippen LogP contribution in [-0.4, -0.2) is 35.3 Å². The molecule has 1 aliphatic heterocycles. The number of amides is 2. The zero-order chi connectivity index (χ0) is 16.1. The standard InChI is InChI=1S/C18H26N2O3/c21-17(10-9-16-8-5-11-23-16)19-14-12-18(22)20(13-14)15-6-3-1-2-4-7-15/h5,8,11,14-15H,1-4,6-7,9-10,12-13H2,(H,19,21). The molecule has 1 N–H and O–H groups in total. The molecule has 1 unspecified atom stereocenters. The van der Waals surface area contributed by atoms with Crippen molar-refractivity contribution in [3.63, 3.8) is 0 Å².